The molecular formula is C13H13N5O. The van der Waals surface area contributed by atoms with Crippen LogP contribution in [0.15, 0.2) is 30.3 Å². The van der Waals surface area contributed by atoms with Crippen LogP contribution in [-0.4, -0.2) is 26.9 Å². The standard InChI is InChI=1S/C13H13N5O/c1-8-3-6-12-15-16-13(18(12)17-8)10-5-4-9(19-2)7-11(10)14/h3-7H,14H2,1-2H3. The van der Waals surface area contributed by atoms with Crippen molar-refractivity contribution < 1.29 is 4.74 Å². The SMILES string of the molecule is COc1ccc(-c2nnc3ccc(C)nn23)c(N)c1. The maximum absolute atomic E-state index is 6.03. The predicted molar refractivity (Wildman–Crippen MR) is 71.9 cm³/mol. The van der Waals surface area contributed by atoms with Crippen molar-refractivity contribution >= 4 is 11.3 Å². The lowest BCUT2D eigenvalue weighted by molar-refractivity contribution is 0.415. The second-order valence-corrected chi connectivity index (χ2v) is 4.22. The summed E-state index contributed by atoms with van der Waals surface area (Å²) < 4.78 is 6.82. The molecule has 3 rings (SSSR count). The lowest BCUT2D eigenvalue weighted by Gasteiger charge is -2.06. The Morgan fingerprint density at radius 3 is 2.74 bits per heavy atom. The van der Waals surface area contributed by atoms with Crippen LogP contribution in [0.5, 0.6) is 5.75 Å². The Morgan fingerprint density at radius 1 is 1.16 bits per heavy atom. The highest BCUT2D eigenvalue weighted by atomic mass is 16.5. The van der Waals surface area contributed by atoms with E-state index >= 15 is 0 Å². The van der Waals surface area contributed by atoms with Gasteiger partial charge in [0.25, 0.3) is 0 Å². The van der Waals surface area contributed by atoms with Gasteiger partial charge in [0.15, 0.2) is 11.5 Å². The van der Waals surface area contributed by atoms with Gasteiger partial charge in [-0.05, 0) is 31.2 Å². The number of nitrogen functional groups attached to an aromatic ring is 1. The average molecular weight is 255 g/mol. The molecule has 0 unspecified atom stereocenters. The quantitative estimate of drug-likeness (QED) is 0.705. The number of rotatable bonds is 2. The zero-order valence-electron chi connectivity index (χ0n) is 10.7. The van der Waals surface area contributed by atoms with Crippen LogP contribution in [0.4, 0.5) is 5.69 Å². The number of benzene rings is 1. The minimum absolute atomic E-state index is 0.581. The van der Waals surface area contributed by atoms with Crippen molar-refractivity contribution in [1.82, 2.24) is 19.8 Å². The first-order valence-corrected chi connectivity index (χ1v) is 5.82. The van der Waals surface area contributed by atoms with Gasteiger partial charge in [-0.25, -0.2) is 0 Å². The highest BCUT2D eigenvalue weighted by Gasteiger charge is 2.12. The minimum Gasteiger partial charge on any atom is -0.497 e. The lowest BCUT2D eigenvalue weighted by Crippen LogP contribution is -1.99. The Labute approximate surface area is 109 Å². The summed E-state index contributed by atoms with van der Waals surface area (Å²) in [5.41, 5.74) is 8.97. The Kier molecular flexibility index (Phi) is 2.56. The van der Waals surface area contributed by atoms with E-state index < -0.39 is 0 Å². The third kappa shape index (κ3) is 1.87. The average Bonchev–Trinajstić information content (AvgIpc) is 2.81. The van der Waals surface area contributed by atoms with Gasteiger partial charge in [0.05, 0.1) is 12.8 Å². The summed E-state index contributed by atoms with van der Waals surface area (Å²) in [5, 5.41) is 12.6. The topological polar surface area (TPSA) is 78.3 Å². The predicted octanol–water partition coefficient (Wildman–Crippen LogP) is 1.69. The zero-order valence-corrected chi connectivity index (χ0v) is 10.7. The molecule has 0 atom stereocenters. The van der Waals surface area contributed by atoms with Crippen molar-refractivity contribution in [2.45, 2.75) is 6.92 Å². The Morgan fingerprint density at radius 2 is 2.00 bits per heavy atom. The first-order valence-electron chi connectivity index (χ1n) is 5.82. The summed E-state index contributed by atoms with van der Waals surface area (Å²) in [6.07, 6.45) is 0. The maximum atomic E-state index is 6.03. The van der Waals surface area contributed by atoms with Crippen molar-refractivity contribution in [3.63, 3.8) is 0 Å². The third-order valence-electron chi connectivity index (χ3n) is 2.90. The molecule has 0 aliphatic carbocycles. The van der Waals surface area contributed by atoms with Crippen LogP contribution < -0.4 is 10.5 Å². The molecule has 0 saturated carbocycles. The van der Waals surface area contributed by atoms with Gasteiger partial charge < -0.3 is 10.5 Å². The summed E-state index contributed by atoms with van der Waals surface area (Å²) in [5.74, 6) is 1.33. The summed E-state index contributed by atoms with van der Waals surface area (Å²) in [6, 6.07) is 9.22. The van der Waals surface area contributed by atoms with Crippen molar-refractivity contribution in [3.05, 3.63) is 36.0 Å². The van der Waals surface area contributed by atoms with Gasteiger partial charge >= 0.3 is 0 Å². The van der Waals surface area contributed by atoms with E-state index in [1.54, 1.807) is 17.7 Å². The minimum atomic E-state index is 0.581. The van der Waals surface area contributed by atoms with Gasteiger partial charge in [-0.3, -0.25) is 0 Å². The van der Waals surface area contributed by atoms with Crippen LogP contribution >= 0.6 is 0 Å². The number of nitrogens with two attached hydrogens (primary N) is 1. The number of aromatic nitrogens is 4. The third-order valence-corrected chi connectivity index (χ3v) is 2.90. The fraction of sp³-hybridized carbons (Fsp3) is 0.154. The molecule has 1 aromatic carbocycles. The van der Waals surface area contributed by atoms with Crippen LogP contribution in [0.1, 0.15) is 5.69 Å². The van der Waals surface area contributed by atoms with E-state index in [4.69, 9.17) is 10.5 Å². The summed E-state index contributed by atoms with van der Waals surface area (Å²) in [4.78, 5) is 0. The maximum Gasteiger partial charge on any atom is 0.187 e. The van der Waals surface area contributed by atoms with Gasteiger partial charge in [0.2, 0.25) is 0 Å². The molecule has 6 heteroatoms. The Balaban J connectivity index is 2.21. The number of nitrogens with zero attached hydrogens (tertiary/aromatic N) is 4. The van der Waals surface area contributed by atoms with Gasteiger partial charge in [-0.2, -0.15) is 9.61 Å². The number of hydrogen-bond donors (Lipinski definition) is 1. The second kappa shape index (κ2) is 4.24. The van der Waals surface area contributed by atoms with E-state index in [-0.39, 0.29) is 0 Å². The number of fused-ring (bicyclic) bond motifs is 1. The largest absolute Gasteiger partial charge is 0.497 e. The monoisotopic (exact) mass is 255 g/mol. The van der Waals surface area contributed by atoms with Crippen molar-refractivity contribution in [2.75, 3.05) is 12.8 Å². The van der Waals surface area contributed by atoms with Crippen LogP contribution in [-0.2, 0) is 0 Å². The molecule has 96 valence electrons. The smallest absolute Gasteiger partial charge is 0.187 e. The number of hydrogen-bond acceptors (Lipinski definition) is 5. The van der Waals surface area contributed by atoms with Crippen LogP contribution in [0.25, 0.3) is 17.0 Å². The number of anilines is 1. The molecule has 0 saturated heterocycles. The molecule has 3 aromatic rings. The fourth-order valence-corrected chi connectivity index (χ4v) is 1.92. The van der Waals surface area contributed by atoms with Gasteiger partial charge in [0, 0.05) is 17.3 Å². The molecule has 2 N–H and O–H groups in total. The van der Waals surface area contributed by atoms with Crippen LogP contribution in [0.3, 0.4) is 0 Å². The summed E-state index contributed by atoms with van der Waals surface area (Å²) >= 11 is 0. The van der Waals surface area contributed by atoms with Gasteiger partial charge in [-0.15, -0.1) is 10.2 Å². The Bertz CT molecular complexity index is 750. The molecule has 0 aliphatic rings. The summed E-state index contributed by atoms with van der Waals surface area (Å²) in [6.45, 7) is 1.92. The molecular weight excluding hydrogens is 242 g/mol. The van der Waals surface area contributed by atoms with Crippen molar-refractivity contribution in [3.8, 4) is 17.1 Å². The first kappa shape index (κ1) is 11.5. The van der Waals surface area contributed by atoms with E-state index in [0.29, 0.717) is 22.9 Å². The van der Waals surface area contributed by atoms with Crippen LogP contribution in [0.2, 0.25) is 0 Å². The van der Waals surface area contributed by atoms with Crippen molar-refractivity contribution in [1.29, 1.82) is 0 Å². The molecule has 0 spiro atoms. The second-order valence-electron chi connectivity index (χ2n) is 4.22. The van der Waals surface area contributed by atoms with E-state index in [1.807, 2.05) is 31.2 Å². The van der Waals surface area contributed by atoms with E-state index in [0.717, 1.165) is 11.3 Å². The Hall–Kier alpha value is -2.63. The van der Waals surface area contributed by atoms with E-state index in [2.05, 4.69) is 15.3 Å². The molecule has 2 aromatic heterocycles. The zero-order chi connectivity index (χ0) is 13.4. The molecule has 0 bridgehead atoms. The van der Waals surface area contributed by atoms with E-state index in [1.165, 1.54) is 0 Å². The normalized spacial score (nSPS) is 10.8. The first-order chi connectivity index (χ1) is 9.19. The highest BCUT2D eigenvalue weighted by molar-refractivity contribution is 5.74. The van der Waals surface area contributed by atoms with Gasteiger partial charge in [-0.1, -0.05) is 0 Å². The molecule has 0 fully saturated rings. The molecule has 2 heterocycles. The summed E-state index contributed by atoms with van der Waals surface area (Å²) in [7, 11) is 1.60. The number of methoxy groups -OCH3 is 1. The molecule has 0 radical (unpaired) electrons. The fourth-order valence-electron chi connectivity index (χ4n) is 1.92. The molecule has 19 heavy (non-hydrogen) atoms. The lowest BCUT2D eigenvalue weighted by atomic mass is 10.1. The molecule has 6 nitrogen and oxygen atoms in total. The van der Waals surface area contributed by atoms with Crippen molar-refractivity contribution in [2.24, 2.45) is 0 Å². The van der Waals surface area contributed by atoms with Crippen LogP contribution in [0, 0.1) is 6.92 Å². The van der Waals surface area contributed by atoms with Gasteiger partial charge in [0.1, 0.15) is 5.75 Å². The molecule has 0 aliphatic heterocycles. The highest BCUT2D eigenvalue weighted by Crippen LogP contribution is 2.27. The number of ether oxygens (including phenoxy) is 1. The van der Waals surface area contributed by atoms with E-state index in [9.17, 15) is 0 Å². The molecule has 0 amide bonds. The number of aryl methyl sites for hydroxylation is 1.